The highest BCUT2D eigenvalue weighted by atomic mass is 16.4. The second-order valence-electron chi connectivity index (χ2n) is 4.31. The highest BCUT2D eigenvalue weighted by Crippen LogP contribution is 2.36. The SMILES string of the molecule is CCC(C)(C)C(C(=O)O)C(C(=O)O)C(=O)O. The molecule has 0 aliphatic carbocycles. The van der Waals surface area contributed by atoms with Crippen LogP contribution in [0, 0.1) is 17.3 Å². The van der Waals surface area contributed by atoms with E-state index in [0.717, 1.165) is 0 Å². The molecule has 92 valence electrons. The molecule has 3 N–H and O–H groups in total. The zero-order chi connectivity index (χ0) is 13.1. The quantitative estimate of drug-likeness (QED) is 0.587. The van der Waals surface area contributed by atoms with E-state index < -0.39 is 35.2 Å². The van der Waals surface area contributed by atoms with E-state index in [9.17, 15) is 14.4 Å². The van der Waals surface area contributed by atoms with Gasteiger partial charge in [-0.3, -0.25) is 14.4 Å². The third kappa shape index (κ3) is 2.95. The molecule has 0 bridgehead atoms. The van der Waals surface area contributed by atoms with Crippen molar-refractivity contribution >= 4 is 17.9 Å². The molecule has 0 aliphatic heterocycles. The predicted molar refractivity (Wildman–Crippen MR) is 54.0 cm³/mol. The van der Waals surface area contributed by atoms with E-state index in [4.69, 9.17) is 15.3 Å². The predicted octanol–water partition coefficient (Wildman–Crippen LogP) is 0.909. The summed E-state index contributed by atoms with van der Waals surface area (Å²) in [6.07, 6.45) is 0.376. The summed E-state index contributed by atoms with van der Waals surface area (Å²) in [5.41, 5.74) is -0.896. The first-order valence-electron chi connectivity index (χ1n) is 4.83. The topological polar surface area (TPSA) is 112 Å². The van der Waals surface area contributed by atoms with Crippen LogP contribution in [0.25, 0.3) is 0 Å². The Bertz CT molecular complexity index is 292. The van der Waals surface area contributed by atoms with E-state index in [-0.39, 0.29) is 0 Å². The Balaban J connectivity index is 5.42. The summed E-state index contributed by atoms with van der Waals surface area (Å²) in [6.45, 7) is 4.78. The zero-order valence-corrected chi connectivity index (χ0v) is 9.43. The van der Waals surface area contributed by atoms with Gasteiger partial charge in [-0.15, -0.1) is 0 Å². The van der Waals surface area contributed by atoms with Crippen LogP contribution < -0.4 is 0 Å². The lowest BCUT2D eigenvalue weighted by molar-refractivity contribution is -0.169. The summed E-state index contributed by atoms with van der Waals surface area (Å²) in [6, 6.07) is 0. The average molecular weight is 232 g/mol. The third-order valence-electron chi connectivity index (χ3n) is 2.88. The van der Waals surface area contributed by atoms with Gasteiger partial charge in [-0.25, -0.2) is 0 Å². The first kappa shape index (κ1) is 14.4. The van der Waals surface area contributed by atoms with Crippen LogP contribution in [-0.2, 0) is 14.4 Å². The molecule has 0 radical (unpaired) electrons. The standard InChI is InChI=1S/C10H16O6/c1-4-10(2,3)6(9(15)16)5(7(11)12)8(13)14/h5-6H,4H2,1-3H3,(H,11,12)(H,13,14)(H,15,16). The second-order valence-corrected chi connectivity index (χ2v) is 4.31. The minimum absolute atomic E-state index is 0.376. The number of carboxylic acids is 3. The Labute approximate surface area is 92.9 Å². The molecular weight excluding hydrogens is 216 g/mol. The van der Waals surface area contributed by atoms with Crippen molar-refractivity contribution in [3.8, 4) is 0 Å². The molecule has 0 amide bonds. The largest absolute Gasteiger partial charge is 0.481 e. The third-order valence-corrected chi connectivity index (χ3v) is 2.88. The number of aliphatic carboxylic acids is 3. The van der Waals surface area contributed by atoms with Crippen molar-refractivity contribution in [2.24, 2.45) is 17.3 Å². The lowest BCUT2D eigenvalue weighted by Gasteiger charge is -2.32. The number of hydrogen-bond acceptors (Lipinski definition) is 3. The van der Waals surface area contributed by atoms with Crippen LogP contribution in [0.3, 0.4) is 0 Å². The van der Waals surface area contributed by atoms with Gasteiger partial charge in [-0.2, -0.15) is 0 Å². The van der Waals surface area contributed by atoms with E-state index in [0.29, 0.717) is 6.42 Å². The summed E-state index contributed by atoms with van der Waals surface area (Å²) >= 11 is 0. The van der Waals surface area contributed by atoms with E-state index in [1.165, 1.54) is 0 Å². The highest BCUT2D eigenvalue weighted by molar-refractivity contribution is 5.97. The summed E-state index contributed by atoms with van der Waals surface area (Å²) in [5, 5.41) is 26.5. The van der Waals surface area contributed by atoms with Gasteiger partial charge in [0.1, 0.15) is 0 Å². The minimum Gasteiger partial charge on any atom is -0.481 e. The fourth-order valence-electron chi connectivity index (χ4n) is 1.54. The van der Waals surface area contributed by atoms with Crippen LogP contribution in [0.2, 0.25) is 0 Å². The number of carbonyl (C=O) groups is 3. The minimum atomic E-state index is -1.92. The number of hydrogen-bond donors (Lipinski definition) is 3. The molecule has 0 saturated carbocycles. The maximum absolute atomic E-state index is 11.0. The molecule has 0 saturated heterocycles. The van der Waals surface area contributed by atoms with Crippen molar-refractivity contribution in [3.05, 3.63) is 0 Å². The molecule has 0 aromatic carbocycles. The highest BCUT2D eigenvalue weighted by Gasteiger charge is 2.47. The molecule has 0 heterocycles. The Hall–Kier alpha value is -1.59. The second kappa shape index (κ2) is 4.96. The van der Waals surface area contributed by atoms with Crippen molar-refractivity contribution in [3.63, 3.8) is 0 Å². The van der Waals surface area contributed by atoms with E-state index in [2.05, 4.69) is 0 Å². The molecular formula is C10H16O6. The lowest BCUT2D eigenvalue weighted by Crippen LogP contribution is -2.43. The van der Waals surface area contributed by atoms with Crippen molar-refractivity contribution in [2.45, 2.75) is 27.2 Å². The summed E-state index contributed by atoms with van der Waals surface area (Å²) in [4.78, 5) is 32.6. The average Bonchev–Trinajstić information content (AvgIpc) is 2.11. The smallest absolute Gasteiger partial charge is 0.318 e. The molecule has 0 aromatic rings. The molecule has 0 spiro atoms. The summed E-state index contributed by atoms with van der Waals surface area (Å²) < 4.78 is 0. The van der Waals surface area contributed by atoms with Gasteiger partial charge in [-0.05, 0) is 5.41 Å². The van der Waals surface area contributed by atoms with Gasteiger partial charge >= 0.3 is 17.9 Å². The normalized spacial score (nSPS) is 13.5. The monoisotopic (exact) mass is 232 g/mol. The van der Waals surface area contributed by atoms with Crippen molar-refractivity contribution in [2.75, 3.05) is 0 Å². The Morgan fingerprint density at radius 1 is 1.00 bits per heavy atom. The first-order chi connectivity index (χ1) is 7.15. The van der Waals surface area contributed by atoms with E-state index in [1.807, 2.05) is 0 Å². The number of carboxylic acid groups (broad SMARTS) is 3. The molecule has 0 rings (SSSR count). The van der Waals surface area contributed by atoms with E-state index >= 15 is 0 Å². The maximum Gasteiger partial charge on any atom is 0.318 e. The molecule has 16 heavy (non-hydrogen) atoms. The Kier molecular flexibility index (Phi) is 4.47. The summed E-state index contributed by atoms with van der Waals surface area (Å²) in [7, 11) is 0. The lowest BCUT2D eigenvalue weighted by atomic mass is 9.70. The Morgan fingerprint density at radius 3 is 1.56 bits per heavy atom. The van der Waals surface area contributed by atoms with Crippen LogP contribution in [0.1, 0.15) is 27.2 Å². The van der Waals surface area contributed by atoms with Crippen LogP contribution in [-0.4, -0.2) is 33.2 Å². The van der Waals surface area contributed by atoms with Crippen LogP contribution in [0.15, 0.2) is 0 Å². The molecule has 0 aliphatic rings. The fraction of sp³-hybridized carbons (Fsp3) is 0.700. The van der Waals surface area contributed by atoms with Gasteiger partial charge in [0.05, 0.1) is 5.92 Å². The fourth-order valence-corrected chi connectivity index (χ4v) is 1.54. The molecule has 0 aromatic heterocycles. The molecule has 1 atom stereocenters. The van der Waals surface area contributed by atoms with Crippen LogP contribution in [0.5, 0.6) is 0 Å². The molecule has 1 unspecified atom stereocenters. The molecule has 6 heteroatoms. The van der Waals surface area contributed by atoms with Crippen molar-refractivity contribution in [1.82, 2.24) is 0 Å². The van der Waals surface area contributed by atoms with Gasteiger partial charge in [0, 0.05) is 0 Å². The van der Waals surface area contributed by atoms with Crippen LogP contribution in [0.4, 0.5) is 0 Å². The van der Waals surface area contributed by atoms with Gasteiger partial charge in [0.15, 0.2) is 5.92 Å². The van der Waals surface area contributed by atoms with Gasteiger partial charge in [0.25, 0.3) is 0 Å². The number of rotatable bonds is 6. The zero-order valence-electron chi connectivity index (χ0n) is 9.43. The Morgan fingerprint density at radius 2 is 1.38 bits per heavy atom. The van der Waals surface area contributed by atoms with Gasteiger partial charge in [-0.1, -0.05) is 27.2 Å². The first-order valence-corrected chi connectivity index (χ1v) is 4.83. The van der Waals surface area contributed by atoms with Crippen molar-refractivity contribution < 1.29 is 29.7 Å². The van der Waals surface area contributed by atoms with E-state index in [1.54, 1.807) is 20.8 Å². The molecule has 6 nitrogen and oxygen atoms in total. The van der Waals surface area contributed by atoms with Crippen LogP contribution >= 0.6 is 0 Å². The van der Waals surface area contributed by atoms with Gasteiger partial charge < -0.3 is 15.3 Å². The maximum atomic E-state index is 11.0. The van der Waals surface area contributed by atoms with Crippen molar-refractivity contribution in [1.29, 1.82) is 0 Å². The summed E-state index contributed by atoms with van der Waals surface area (Å²) in [5.74, 6) is -8.02. The van der Waals surface area contributed by atoms with Gasteiger partial charge in [0.2, 0.25) is 0 Å². The molecule has 0 fully saturated rings.